The molecule has 5 atom stereocenters. The first-order chi connectivity index (χ1) is 20.9. The molecule has 8 heteroatoms. The molecule has 3 N–H and O–H groups in total. The van der Waals surface area contributed by atoms with Crippen molar-refractivity contribution in [1.82, 2.24) is 10.6 Å². The summed E-state index contributed by atoms with van der Waals surface area (Å²) < 4.78 is 11.8. The van der Waals surface area contributed by atoms with E-state index in [1.165, 1.54) is 32.1 Å². The number of unbranched alkanes of at least 4 members (excludes halogenated alkanes) is 6. The number of carbonyl (C=O) groups is 3. The van der Waals surface area contributed by atoms with Gasteiger partial charge in [-0.2, -0.15) is 0 Å². The van der Waals surface area contributed by atoms with E-state index in [2.05, 4.69) is 29.7 Å². The Morgan fingerprint density at radius 2 is 1.61 bits per heavy atom. The van der Waals surface area contributed by atoms with Gasteiger partial charge in [0.25, 0.3) is 0 Å². The summed E-state index contributed by atoms with van der Waals surface area (Å²) in [5, 5.41) is 16.3. The summed E-state index contributed by atoms with van der Waals surface area (Å²) in [5.41, 5.74) is 0.572. The highest BCUT2D eigenvalue weighted by Gasteiger charge is 2.47. The van der Waals surface area contributed by atoms with E-state index in [-0.39, 0.29) is 36.1 Å². The Kier molecular flexibility index (Phi) is 14.2. The Morgan fingerprint density at radius 1 is 0.955 bits per heavy atom. The summed E-state index contributed by atoms with van der Waals surface area (Å²) in [6.45, 7) is 9.97. The SMILES string of the molecule is CCCCCCCCCC(Cc1ccccc1)C(=O)NC1CCCCC1C(CC(=O)O)NC(=O)C1OC(C)(C)OCC1(C)C. The second-order valence-corrected chi connectivity index (χ2v) is 14.2. The van der Waals surface area contributed by atoms with Crippen LogP contribution >= 0.6 is 0 Å². The van der Waals surface area contributed by atoms with Crippen molar-refractivity contribution in [3.05, 3.63) is 35.9 Å². The predicted octanol–water partition coefficient (Wildman–Crippen LogP) is 6.80. The van der Waals surface area contributed by atoms with Crippen molar-refractivity contribution in [3.8, 4) is 0 Å². The largest absolute Gasteiger partial charge is 0.481 e. The lowest BCUT2D eigenvalue weighted by molar-refractivity contribution is -0.304. The van der Waals surface area contributed by atoms with Crippen molar-refractivity contribution in [2.75, 3.05) is 6.61 Å². The first kappa shape index (κ1) is 36.0. The highest BCUT2D eigenvalue weighted by atomic mass is 16.7. The second kappa shape index (κ2) is 17.3. The van der Waals surface area contributed by atoms with Crippen molar-refractivity contribution in [2.45, 2.75) is 148 Å². The van der Waals surface area contributed by atoms with Gasteiger partial charge in [-0.15, -0.1) is 0 Å². The van der Waals surface area contributed by atoms with Crippen molar-refractivity contribution in [2.24, 2.45) is 17.3 Å². The maximum Gasteiger partial charge on any atom is 0.305 e. The van der Waals surface area contributed by atoms with Crippen LogP contribution < -0.4 is 10.6 Å². The molecule has 1 heterocycles. The smallest absolute Gasteiger partial charge is 0.305 e. The van der Waals surface area contributed by atoms with Crippen LogP contribution in [0.1, 0.15) is 124 Å². The number of amides is 2. The highest BCUT2D eigenvalue weighted by Crippen LogP contribution is 2.36. The fourth-order valence-corrected chi connectivity index (χ4v) is 6.77. The van der Waals surface area contributed by atoms with E-state index >= 15 is 0 Å². The average Bonchev–Trinajstić information content (AvgIpc) is 2.97. The first-order valence-corrected chi connectivity index (χ1v) is 17.1. The molecular formula is C36H58N2O6. The molecule has 2 fully saturated rings. The van der Waals surface area contributed by atoms with Gasteiger partial charge in [0.15, 0.2) is 5.79 Å². The number of carbonyl (C=O) groups excluding carboxylic acids is 2. The molecule has 3 rings (SSSR count). The number of hydrogen-bond acceptors (Lipinski definition) is 5. The molecule has 0 aromatic heterocycles. The standard InChI is InChI=1S/C36H58N2O6/c1-6-7-8-9-10-11-15-20-27(23-26-18-13-12-14-19-26)33(41)37-29-22-17-16-21-28(29)30(24-31(39)40)38-34(42)32-35(2,3)25-43-36(4,5)44-32/h12-14,18-19,27-30,32H,6-11,15-17,20-25H2,1-5H3,(H,37,41)(H,38,42)(H,39,40). The van der Waals surface area contributed by atoms with Crippen LogP contribution in [0.15, 0.2) is 30.3 Å². The second-order valence-electron chi connectivity index (χ2n) is 14.2. The van der Waals surface area contributed by atoms with Crippen LogP contribution in [0, 0.1) is 17.3 Å². The molecule has 0 spiro atoms. The molecule has 0 radical (unpaired) electrons. The zero-order chi connectivity index (χ0) is 32.2. The topological polar surface area (TPSA) is 114 Å². The Bertz CT molecular complexity index is 1040. The maximum atomic E-state index is 13.9. The number of ether oxygens (including phenoxy) is 2. The van der Waals surface area contributed by atoms with Crippen LogP contribution in [0.5, 0.6) is 0 Å². The molecule has 1 aliphatic heterocycles. The third-order valence-corrected chi connectivity index (χ3v) is 9.38. The van der Waals surface area contributed by atoms with Gasteiger partial charge in [0.05, 0.1) is 13.0 Å². The van der Waals surface area contributed by atoms with Gasteiger partial charge in [-0.25, -0.2) is 0 Å². The molecule has 5 unspecified atom stereocenters. The number of nitrogens with one attached hydrogen (secondary N) is 2. The molecule has 0 bridgehead atoms. The monoisotopic (exact) mass is 614 g/mol. The van der Waals surface area contributed by atoms with Gasteiger partial charge in [0.1, 0.15) is 6.10 Å². The highest BCUT2D eigenvalue weighted by molar-refractivity contribution is 5.83. The van der Waals surface area contributed by atoms with Crippen LogP contribution in [0.4, 0.5) is 0 Å². The van der Waals surface area contributed by atoms with E-state index in [1.807, 2.05) is 32.0 Å². The van der Waals surface area contributed by atoms with E-state index in [0.29, 0.717) is 13.0 Å². The third kappa shape index (κ3) is 11.5. The van der Waals surface area contributed by atoms with E-state index in [0.717, 1.165) is 50.5 Å². The van der Waals surface area contributed by atoms with Crippen molar-refractivity contribution >= 4 is 17.8 Å². The molecule has 44 heavy (non-hydrogen) atoms. The average molecular weight is 615 g/mol. The number of hydrogen-bond donors (Lipinski definition) is 3. The Hall–Kier alpha value is -2.45. The van der Waals surface area contributed by atoms with E-state index in [4.69, 9.17) is 9.47 Å². The molecular weight excluding hydrogens is 556 g/mol. The number of carboxylic acid groups (broad SMARTS) is 1. The van der Waals surface area contributed by atoms with Crippen LogP contribution in [0.2, 0.25) is 0 Å². The minimum absolute atomic E-state index is 0.0350. The minimum atomic E-state index is -0.973. The summed E-state index contributed by atoms with van der Waals surface area (Å²) in [6.07, 6.45) is 12.3. The van der Waals surface area contributed by atoms with E-state index in [1.54, 1.807) is 13.8 Å². The zero-order valence-electron chi connectivity index (χ0n) is 27.9. The molecule has 1 saturated heterocycles. The van der Waals surface area contributed by atoms with Crippen LogP contribution in [0.25, 0.3) is 0 Å². The molecule has 8 nitrogen and oxygen atoms in total. The summed E-state index contributed by atoms with van der Waals surface area (Å²) >= 11 is 0. The Balaban J connectivity index is 1.71. The van der Waals surface area contributed by atoms with Gasteiger partial charge in [0, 0.05) is 23.4 Å². The van der Waals surface area contributed by atoms with Gasteiger partial charge in [-0.1, -0.05) is 109 Å². The van der Waals surface area contributed by atoms with Crippen LogP contribution in [0.3, 0.4) is 0 Å². The molecule has 1 aromatic rings. The summed E-state index contributed by atoms with van der Waals surface area (Å²) in [5.74, 6) is -2.51. The number of rotatable bonds is 17. The number of benzene rings is 1. The van der Waals surface area contributed by atoms with E-state index in [9.17, 15) is 19.5 Å². The van der Waals surface area contributed by atoms with Crippen LogP contribution in [-0.2, 0) is 30.3 Å². The maximum absolute atomic E-state index is 13.9. The summed E-state index contributed by atoms with van der Waals surface area (Å²) in [7, 11) is 0. The Morgan fingerprint density at radius 3 is 2.30 bits per heavy atom. The first-order valence-electron chi connectivity index (χ1n) is 17.1. The quantitative estimate of drug-likeness (QED) is 0.166. The summed E-state index contributed by atoms with van der Waals surface area (Å²) in [4.78, 5) is 39.5. The molecule has 248 valence electrons. The fourth-order valence-electron chi connectivity index (χ4n) is 6.77. The Labute approximate surface area is 265 Å². The van der Waals surface area contributed by atoms with Crippen molar-refractivity contribution in [3.63, 3.8) is 0 Å². The van der Waals surface area contributed by atoms with Crippen molar-refractivity contribution < 1.29 is 29.0 Å². The zero-order valence-corrected chi connectivity index (χ0v) is 27.9. The molecule has 1 aliphatic carbocycles. The third-order valence-electron chi connectivity index (χ3n) is 9.38. The van der Waals surface area contributed by atoms with Gasteiger partial charge in [-0.3, -0.25) is 14.4 Å². The molecule has 2 amide bonds. The van der Waals surface area contributed by atoms with E-state index < -0.39 is 29.3 Å². The lowest BCUT2D eigenvalue weighted by Gasteiger charge is -2.45. The summed E-state index contributed by atoms with van der Waals surface area (Å²) in [6, 6.07) is 9.35. The molecule has 2 aliphatic rings. The van der Waals surface area contributed by atoms with Gasteiger partial charge < -0.3 is 25.2 Å². The predicted molar refractivity (Wildman–Crippen MR) is 173 cm³/mol. The lowest BCUT2D eigenvalue weighted by atomic mass is 9.77. The van der Waals surface area contributed by atoms with Crippen molar-refractivity contribution in [1.29, 1.82) is 0 Å². The lowest BCUT2D eigenvalue weighted by Crippen LogP contribution is -2.60. The number of aliphatic carboxylic acids is 1. The molecule has 1 saturated carbocycles. The minimum Gasteiger partial charge on any atom is -0.481 e. The fraction of sp³-hybridized carbons (Fsp3) is 0.750. The van der Waals surface area contributed by atoms with Crippen LogP contribution in [-0.4, -0.2) is 53.5 Å². The number of carboxylic acids is 1. The van der Waals surface area contributed by atoms with Gasteiger partial charge in [-0.05, 0) is 51.0 Å². The van der Waals surface area contributed by atoms with Gasteiger partial charge >= 0.3 is 5.97 Å². The molecule has 1 aromatic carbocycles. The van der Waals surface area contributed by atoms with Gasteiger partial charge in [0.2, 0.25) is 11.8 Å². The normalized spacial score (nSPS) is 24.2.